The van der Waals surface area contributed by atoms with Gasteiger partial charge >= 0.3 is 0 Å². The molecule has 0 aliphatic rings. The summed E-state index contributed by atoms with van der Waals surface area (Å²) in [6.07, 6.45) is 0. The topological polar surface area (TPSA) is 12.4 Å². The van der Waals surface area contributed by atoms with Crippen molar-refractivity contribution in [3.63, 3.8) is 0 Å². The van der Waals surface area contributed by atoms with Gasteiger partial charge in [0.15, 0.2) is 0 Å². The fourth-order valence-corrected chi connectivity index (χ4v) is 0.482. The van der Waals surface area contributed by atoms with E-state index in [-0.39, 0.29) is 0 Å². The molecular formula is C7H6N. The largest absolute Gasteiger partial charge is 0.265 e. The van der Waals surface area contributed by atoms with Crippen LogP contribution in [0.15, 0.2) is 29.3 Å². The molecule has 0 aliphatic heterocycles. The van der Waals surface area contributed by atoms with Gasteiger partial charge in [-0.1, -0.05) is 12.1 Å². The van der Waals surface area contributed by atoms with Crippen molar-refractivity contribution < 1.29 is 0 Å². The molecule has 0 aromatic heterocycles. The molecule has 0 saturated carbocycles. The van der Waals surface area contributed by atoms with Crippen molar-refractivity contribution >= 4 is 12.4 Å². The average molecular weight is 104 g/mol. The van der Waals surface area contributed by atoms with Crippen molar-refractivity contribution in [1.29, 1.82) is 0 Å². The Morgan fingerprint density at radius 3 is 2.88 bits per heavy atom. The highest BCUT2D eigenvalue weighted by atomic mass is 14.7. The maximum atomic E-state index is 3.69. The molecular weight excluding hydrogens is 98.1 g/mol. The van der Waals surface area contributed by atoms with Crippen LogP contribution in [0.1, 0.15) is 0 Å². The van der Waals surface area contributed by atoms with Crippen LogP contribution in [0.25, 0.3) is 0 Å². The predicted molar refractivity (Wildman–Crippen MR) is 34.5 cm³/mol. The number of aliphatic imine (C=N–C) groups is 1. The third-order valence-corrected chi connectivity index (χ3v) is 0.873. The van der Waals surface area contributed by atoms with E-state index in [2.05, 4.69) is 17.8 Å². The lowest BCUT2D eigenvalue weighted by molar-refractivity contribution is 1.55. The third-order valence-electron chi connectivity index (χ3n) is 0.873. The molecule has 1 aromatic carbocycles. The van der Waals surface area contributed by atoms with Gasteiger partial charge in [0.2, 0.25) is 0 Å². The summed E-state index contributed by atoms with van der Waals surface area (Å²) in [6.45, 7) is 3.36. The second kappa shape index (κ2) is 2.26. The smallest absolute Gasteiger partial charge is 0.0628 e. The van der Waals surface area contributed by atoms with E-state index in [0.29, 0.717) is 0 Å². The monoisotopic (exact) mass is 104 g/mol. The van der Waals surface area contributed by atoms with Crippen molar-refractivity contribution in [1.82, 2.24) is 0 Å². The van der Waals surface area contributed by atoms with Gasteiger partial charge in [-0.05, 0) is 24.9 Å². The van der Waals surface area contributed by atoms with Crippen molar-refractivity contribution in [2.24, 2.45) is 4.99 Å². The molecule has 39 valence electrons. The molecule has 1 heteroatoms. The minimum Gasteiger partial charge on any atom is -0.265 e. The van der Waals surface area contributed by atoms with Crippen LogP contribution < -0.4 is 0 Å². The third kappa shape index (κ3) is 0.936. The maximum absolute atomic E-state index is 3.69. The van der Waals surface area contributed by atoms with Crippen molar-refractivity contribution in [2.45, 2.75) is 0 Å². The van der Waals surface area contributed by atoms with Crippen LogP contribution >= 0.6 is 0 Å². The van der Waals surface area contributed by atoms with Gasteiger partial charge in [0.1, 0.15) is 0 Å². The van der Waals surface area contributed by atoms with Gasteiger partial charge in [-0.3, -0.25) is 4.99 Å². The first-order valence-electron chi connectivity index (χ1n) is 2.36. The Morgan fingerprint density at radius 2 is 2.50 bits per heavy atom. The van der Waals surface area contributed by atoms with E-state index in [1.807, 2.05) is 18.2 Å². The summed E-state index contributed by atoms with van der Waals surface area (Å²) in [5, 5.41) is 0. The molecule has 0 atom stereocenters. The Morgan fingerprint density at radius 1 is 1.62 bits per heavy atom. The lowest BCUT2D eigenvalue weighted by Gasteiger charge is -1.84. The first kappa shape index (κ1) is 5.04. The highest BCUT2D eigenvalue weighted by molar-refractivity contribution is 5.43. The van der Waals surface area contributed by atoms with Crippen LogP contribution in [-0.4, -0.2) is 6.72 Å². The van der Waals surface area contributed by atoms with Crippen LogP contribution in [0.4, 0.5) is 5.69 Å². The summed E-state index contributed by atoms with van der Waals surface area (Å²) >= 11 is 0. The van der Waals surface area contributed by atoms with Crippen LogP contribution in [0, 0.1) is 6.07 Å². The number of benzene rings is 1. The zero-order valence-electron chi connectivity index (χ0n) is 4.46. The lowest BCUT2D eigenvalue weighted by atomic mass is 10.3. The first-order valence-corrected chi connectivity index (χ1v) is 2.36. The lowest BCUT2D eigenvalue weighted by Crippen LogP contribution is -1.58. The quantitative estimate of drug-likeness (QED) is 0.482. The van der Waals surface area contributed by atoms with E-state index in [4.69, 9.17) is 0 Å². The van der Waals surface area contributed by atoms with Crippen molar-refractivity contribution in [3.05, 3.63) is 30.3 Å². The van der Waals surface area contributed by atoms with E-state index in [0.717, 1.165) is 5.69 Å². The van der Waals surface area contributed by atoms with E-state index in [1.165, 1.54) is 0 Å². The fraction of sp³-hybridized carbons (Fsp3) is 0. The van der Waals surface area contributed by atoms with Gasteiger partial charge in [-0.2, -0.15) is 0 Å². The summed E-state index contributed by atoms with van der Waals surface area (Å²) in [7, 11) is 0. The zero-order chi connectivity index (χ0) is 5.82. The predicted octanol–water partition coefficient (Wildman–Crippen LogP) is 1.82. The van der Waals surface area contributed by atoms with Crippen LogP contribution in [-0.2, 0) is 0 Å². The number of hydrogen-bond acceptors (Lipinski definition) is 1. The molecule has 0 N–H and O–H groups in total. The minimum atomic E-state index is 0.868. The molecule has 1 aromatic rings. The Hall–Kier alpha value is -1.11. The molecule has 0 unspecified atom stereocenters. The number of hydrogen-bond donors (Lipinski definition) is 0. The summed E-state index contributed by atoms with van der Waals surface area (Å²) < 4.78 is 0. The molecule has 0 saturated heterocycles. The molecule has 0 amide bonds. The Labute approximate surface area is 48.7 Å². The van der Waals surface area contributed by atoms with E-state index >= 15 is 0 Å². The second-order valence-corrected chi connectivity index (χ2v) is 1.42. The van der Waals surface area contributed by atoms with Crippen LogP contribution in [0.2, 0.25) is 0 Å². The molecule has 1 nitrogen and oxygen atoms in total. The van der Waals surface area contributed by atoms with Gasteiger partial charge in [0.05, 0.1) is 5.69 Å². The molecule has 0 heterocycles. The number of rotatable bonds is 1. The normalized spacial score (nSPS) is 8.50. The van der Waals surface area contributed by atoms with E-state index in [9.17, 15) is 0 Å². The zero-order valence-corrected chi connectivity index (χ0v) is 4.46. The van der Waals surface area contributed by atoms with Crippen molar-refractivity contribution in [3.8, 4) is 0 Å². The first-order chi connectivity index (χ1) is 3.93. The molecule has 0 fully saturated rings. The average Bonchev–Trinajstić information content (AvgIpc) is 1.90. The van der Waals surface area contributed by atoms with Crippen LogP contribution in [0.5, 0.6) is 0 Å². The summed E-state index contributed by atoms with van der Waals surface area (Å²) in [5.41, 5.74) is 0.868. The minimum absolute atomic E-state index is 0.868. The molecule has 1 radical (unpaired) electrons. The van der Waals surface area contributed by atoms with Gasteiger partial charge < -0.3 is 0 Å². The second-order valence-electron chi connectivity index (χ2n) is 1.42. The molecule has 8 heavy (non-hydrogen) atoms. The van der Waals surface area contributed by atoms with Crippen LogP contribution in [0.3, 0.4) is 0 Å². The Balaban J connectivity index is 2.99. The standard InChI is InChI=1S/C7H6N/c1-8-7-5-3-2-4-6-7/h2-3,5-6H,1H2. The molecule has 0 aliphatic carbocycles. The maximum Gasteiger partial charge on any atom is 0.0628 e. The van der Waals surface area contributed by atoms with E-state index < -0.39 is 0 Å². The highest BCUT2D eigenvalue weighted by Gasteiger charge is 1.77. The van der Waals surface area contributed by atoms with Gasteiger partial charge in [0.25, 0.3) is 0 Å². The van der Waals surface area contributed by atoms with Gasteiger partial charge in [0, 0.05) is 0 Å². The van der Waals surface area contributed by atoms with Gasteiger partial charge in [-0.25, -0.2) is 0 Å². The van der Waals surface area contributed by atoms with Crippen molar-refractivity contribution in [2.75, 3.05) is 0 Å². The molecule has 0 bridgehead atoms. The summed E-state index contributed by atoms with van der Waals surface area (Å²) in [6, 6.07) is 10.2. The molecule has 0 spiro atoms. The fourth-order valence-electron chi connectivity index (χ4n) is 0.482. The molecule has 1 rings (SSSR count). The highest BCUT2D eigenvalue weighted by Crippen LogP contribution is 2.06. The summed E-state index contributed by atoms with van der Waals surface area (Å²) in [4.78, 5) is 3.69. The summed E-state index contributed by atoms with van der Waals surface area (Å²) in [5.74, 6) is 0. The SMILES string of the molecule is C=Nc1c[c]ccc1. The van der Waals surface area contributed by atoms with Gasteiger partial charge in [-0.15, -0.1) is 0 Å². The van der Waals surface area contributed by atoms with E-state index in [1.54, 1.807) is 6.07 Å². The number of nitrogens with zero attached hydrogens (tertiary/aromatic N) is 1. The Kier molecular flexibility index (Phi) is 1.42. The Bertz CT molecular complexity index is 167.